The lowest BCUT2D eigenvalue weighted by atomic mass is 9.84. The summed E-state index contributed by atoms with van der Waals surface area (Å²) in [5, 5.41) is 0. The zero-order chi connectivity index (χ0) is 17.7. The summed E-state index contributed by atoms with van der Waals surface area (Å²) in [6, 6.07) is 9.34. The summed E-state index contributed by atoms with van der Waals surface area (Å²) >= 11 is 0. The van der Waals surface area contributed by atoms with Crippen LogP contribution in [0, 0.1) is 5.92 Å². The molecule has 0 bridgehead atoms. The molecule has 1 heterocycles. The van der Waals surface area contributed by atoms with E-state index in [2.05, 4.69) is 27.0 Å². The molecule has 1 aromatic rings. The van der Waals surface area contributed by atoms with Gasteiger partial charge in [0.1, 0.15) is 5.54 Å². The first-order valence-electron chi connectivity index (χ1n) is 8.35. The van der Waals surface area contributed by atoms with E-state index >= 15 is 0 Å². The van der Waals surface area contributed by atoms with Gasteiger partial charge in [0.15, 0.2) is 0 Å². The Labute approximate surface area is 144 Å². The summed E-state index contributed by atoms with van der Waals surface area (Å²) in [6.07, 6.45) is 4.47. The van der Waals surface area contributed by atoms with Crippen LogP contribution in [-0.4, -0.2) is 33.8 Å². The maximum absolute atomic E-state index is 13.2. The molecule has 1 fully saturated rings. The highest BCUT2D eigenvalue weighted by molar-refractivity contribution is 6.07. The average Bonchev–Trinajstić information content (AvgIpc) is 2.72. The monoisotopic (exact) mass is 326 g/mol. The van der Waals surface area contributed by atoms with Crippen LogP contribution in [0.25, 0.3) is 0 Å². The van der Waals surface area contributed by atoms with Crippen molar-refractivity contribution in [1.29, 1.82) is 0 Å². The van der Waals surface area contributed by atoms with Gasteiger partial charge in [0, 0.05) is 6.54 Å². The third kappa shape index (κ3) is 3.28. The third-order valence-electron chi connectivity index (χ3n) is 4.34. The number of nitrogens with zero attached hydrogens (tertiary/aromatic N) is 2. The number of hydrogen-bond acceptors (Lipinski definition) is 2. The quantitative estimate of drug-likeness (QED) is 0.535. The van der Waals surface area contributed by atoms with Gasteiger partial charge in [-0.1, -0.05) is 56.3 Å². The van der Waals surface area contributed by atoms with E-state index < -0.39 is 5.54 Å². The van der Waals surface area contributed by atoms with Crippen LogP contribution < -0.4 is 0 Å². The summed E-state index contributed by atoms with van der Waals surface area (Å²) in [5.41, 5.74) is 0.0902. The number of hydrogen-bond donors (Lipinski definition) is 0. The van der Waals surface area contributed by atoms with E-state index in [1.807, 2.05) is 30.3 Å². The molecule has 3 amide bonds. The first-order chi connectivity index (χ1) is 11.5. The van der Waals surface area contributed by atoms with Crippen molar-refractivity contribution in [2.75, 3.05) is 6.54 Å². The zero-order valence-corrected chi connectivity index (χ0v) is 14.6. The topological polar surface area (TPSA) is 40.6 Å². The minimum absolute atomic E-state index is 0.133. The number of carbonyl (C=O) groups excluding carboxylic acids is 2. The Morgan fingerprint density at radius 1 is 1.12 bits per heavy atom. The minimum atomic E-state index is -0.851. The highest BCUT2D eigenvalue weighted by Crippen LogP contribution is 2.37. The van der Waals surface area contributed by atoms with Gasteiger partial charge in [-0.05, 0) is 24.3 Å². The fourth-order valence-electron chi connectivity index (χ4n) is 3.46. The molecule has 4 nitrogen and oxygen atoms in total. The van der Waals surface area contributed by atoms with Gasteiger partial charge in [-0.2, -0.15) is 0 Å². The van der Waals surface area contributed by atoms with Crippen molar-refractivity contribution in [2.24, 2.45) is 5.92 Å². The van der Waals surface area contributed by atoms with Crippen LogP contribution in [0.1, 0.15) is 32.3 Å². The van der Waals surface area contributed by atoms with Gasteiger partial charge < -0.3 is 4.90 Å². The molecular weight excluding hydrogens is 300 g/mol. The second-order valence-corrected chi connectivity index (χ2v) is 6.68. The van der Waals surface area contributed by atoms with Crippen LogP contribution in [0.4, 0.5) is 4.79 Å². The van der Waals surface area contributed by atoms with Crippen LogP contribution in [0.15, 0.2) is 55.6 Å². The smallest absolute Gasteiger partial charge is 0.305 e. The fourth-order valence-corrected chi connectivity index (χ4v) is 3.46. The number of benzene rings is 1. The van der Waals surface area contributed by atoms with Crippen LogP contribution in [0.2, 0.25) is 0 Å². The van der Waals surface area contributed by atoms with E-state index in [0.717, 1.165) is 5.56 Å². The minimum Gasteiger partial charge on any atom is -0.305 e. The average molecular weight is 326 g/mol. The van der Waals surface area contributed by atoms with Crippen molar-refractivity contribution in [3.63, 3.8) is 0 Å². The summed E-state index contributed by atoms with van der Waals surface area (Å²) in [5.74, 6) is 0.150. The standard InChI is InChI=1S/C20H26N2O2/c1-5-12-20(14-16(3)4)18(23)21(19(24)22(20)13-6-2)15-17-10-8-7-9-11-17/h5-11,16H,1-2,12-15H2,3-4H3. The molecule has 1 aliphatic heterocycles. The third-order valence-corrected chi connectivity index (χ3v) is 4.34. The van der Waals surface area contributed by atoms with Crippen molar-refractivity contribution < 1.29 is 9.59 Å². The molecule has 0 aromatic heterocycles. The van der Waals surface area contributed by atoms with Crippen molar-refractivity contribution in [2.45, 2.75) is 38.8 Å². The van der Waals surface area contributed by atoms with Gasteiger partial charge in [0.05, 0.1) is 6.54 Å². The van der Waals surface area contributed by atoms with Crippen LogP contribution in [0.3, 0.4) is 0 Å². The summed E-state index contributed by atoms with van der Waals surface area (Å²) in [6.45, 7) is 12.3. The largest absolute Gasteiger partial charge is 0.328 e. The number of urea groups is 1. The maximum atomic E-state index is 13.2. The highest BCUT2D eigenvalue weighted by atomic mass is 16.2. The number of rotatable bonds is 8. The van der Waals surface area contributed by atoms with Crippen molar-refractivity contribution >= 4 is 11.9 Å². The van der Waals surface area contributed by atoms with Crippen molar-refractivity contribution in [3.8, 4) is 0 Å². The normalized spacial score (nSPS) is 20.8. The predicted molar refractivity (Wildman–Crippen MR) is 96.3 cm³/mol. The Bertz CT molecular complexity index is 624. The Hall–Kier alpha value is -2.36. The van der Waals surface area contributed by atoms with Gasteiger partial charge in [-0.25, -0.2) is 4.79 Å². The van der Waals surface area contributed by atoms with E-state index in [-0.39, 0.29) is 17.9 Å². The molecule has 1 saturated heterocycles. The van der Waals surface area contributed by atoms with E-state index in [1.165, 1.54) is 4.90 Å². The van der Waals surface area contributed by atoms with Gasteiger partial charge >= 0.3 is 6.03 Å². The van der Waals surface area contributed by atoms with E-state index in [4.69, 9.17) is 0 Å². The second kappa shape index (κ2) is 7.47. The number of carbonyl (C=O) groups is 2. The lowest BCUT2D eigenvalue weighted by molar-refractivity contribution is -0.134. The number of imide groups is 1. The molecule has 0 spiro atoms. The van der Waals surface area contributed by atoms with Crippen molar-refractivity contribution in [3.05, 3.63) is 61.2 Å². The van der Waals surface area contributed by atoms with Gasteiger partial charge in [0.25, 0.3) is 5.91 Å². The molecule has 4 heteroatoms. The molecule has 0 saturated carbocycles. The lowest BCUT2D eigenvalue weighted by Crippen LogP contribution is -2.50. The fraction of sp³-hybridized carbons (Fsp3) is 0.400. The first-order valence-corrected chi connectivity index (χ1v) is 8.35. The summed E-state index contributed by atoms with van der Waals surface area (Å²) in [4.78, 5) is 29.2. The Morgan fingerprint density at radius 3 is 2.33 bits per heavy atom. The first kappa shape index (κ1) is 18.0. The van der Waals surface area contributed by atoms with E-state index in [0.29, 0.717) is 25.9 Å². The molecule has 1 atom stereocenters. The molecule has 0 aliphatic carbocycles. The molecule has 0 N–H and O–H groups in total. The Balaban J connectivity index is 2.41. The van der Waals surface area contributed by atoms with Crippen LogP contribution in [-0.2, 0) is 11.3 Å². The zero-order valence-electron chi connectivity index (χ0n) is 14.6. The molecule has 128 valence electrons. The predicted octanol–water partition coefficient (Wildman–Crippen LogP) is 4.00. The lowest BCUT2D eigenvalue weighted by Gasteiger charge is -2.35. The number of amides is 3. The maximum Gasteiger partial charge on any atom is 0.328 e. The molecule has 24 heavy (non-hydrogen) atoms. The Kier molecular flexibility index (Phi) is 5.60. The molecule has 2 rings (SSSR count). The van der Waals surface area contributed by atoms with Crippen molar-refractivity contribution in [1.82, 2.24) is 9.80 Å². The molecule has 0 radical (unpaired) electrons. The van der Waals surface area contributed by atoms with E-state index in [1.54, 1.807) is 17.1 Å². The van der Waals surface area contributed by atoms with Crippen LogP contribution >= 0.6 is 0 Å². The van der Waals surface area contributed by atoms with Crippen LogP contribution in [0.5, 0.6) is 0 Å². The van der Waals surface area contributed by atoms with Gasteiger partial charge in [0.2, 0.25) is 0 Å². The van der Waals surface area contributed by atoms with E-state index in [9.17, 15) is 9.59 Å². The Morgan fingerprint density at radius 2 is 1.79 bits per heavy atom. The summed E-state index contributed by atoms with van der Waals surface area (Å²) in [7, 11) is 0. The molecular formula is C20H26N2O2. The summed E-state index contributed by atoms with van der Waals surface area (Å²) < 4.78 is 0. The highest BCUT2D eigenvalue weighted by Gasteiger charge is 2.55. The SMILES string of the molecule is C=CCN1C(=O)N(Cc2ccccc2)C(=O)C1(CC=C)CC(C)C. The van der Waals surface area contributed by atoms with Gasteiger partial charge in [-0.15, -0.1) is 13.2 Å². The molecule has 1 unspecified atom stereocenters. The van der Waals surface area contributed by atoms with Gasteiger partial charge in [-0.3, -0.25) is 9.69 Å². The second-order valence-electron chi connectivity index (χ2n) is 6.68. The molecule has 1 aromatic carbocycles. The molecule has 1 aliphatic rings.